The minimum absolute atomic E-state index is 0.0231. The Bertz CT molecular complexity index is 890. The van der Waals surface area contributed by atoms with Gasteiger partial charge in [-0.3, -0.25) is 0 Å². The van der Waals surface area contributed by atoms with E-state index in [4.69, 9.17) is 0 Å². The predicted octanol–water partition coefficient (Wildman–Crippen LogP) is 4.56. The number of amides is 2. The molecular weight excluding hydrogens is 402 g/mol. The summed E-state index contributed by atoms with van der Waals surface area (Å²) in [7, 11) is 0. The van der Waals surface area contributed by atoms with Crippen LogP contribution in [0.1, 0.15) is 29.9 Å². The van der Waals surface area contributed by atoms with E-state index in [1.54, 1.807) is 13.0 Å². The molecule has 0 aliphatic carbocycles. The summed E-state index contributed by atoms with van der Waals surface area (Å²) < 4.78 is 54.4. The number of halogens is 4. The molecular formula is C20H23F4N5O. The van der Waals surface area contributed by atoms with Crippen LogP contribution in [0.2, 0.25) is 0 Å². The number of urea groups is 1. The molecule has 0 spiro atoms. The first kappa shape index (κ1) is 21.8. The lowest BCUT2D eigenvalue weighted by Crippen LogP contribution is -2.48. The van der Waals surface area contributed by atoms with Gasteiger partial charge in [0.1, 0.15) is 17.3 Å². The molecule has 2 amide bonds. The molecule has 1 aliphatic heterocycles. The van der Waals surface area contributed by atoms with Crippen LogP contribution in [-0.2, 0) is 6.18 Å². The van der Waals surface area contributed by atoms with E-state index in [2.05, 4.69) is 20.6 Å². The van der Waals surface area contributed by atoms with Crippen molar-refractivity contribution in [2.75, 3.05) is 30.3 Å². The van der Waals surface area contributed by atoms with Crippen molar-refractivity contribution in [2.45, 2.75) is 38.5 Å². The van der Waals surface area contributed by atoms with E-state index < -0.39 is 23.4 Å². The highest BCUT2D eigenvalue weighted by Crippen LogP contribution is 2.35. The van der Waals surface area contributed by atoms with Crippen molar-refractivity contribution in [3.05, 3.63) is 47.4 Å². The van der Waals surface area contributed by atoms with Crippen LogP contribution in [0.3, 0.4) is 0 Å². The van der Waals surface area contributed by atoms with Gasteiger partial charge in [0.05, 0.1) is 17.8 Å². The number of likely N-dealkylation sites (tertiary alicyclic amines) is 1. The summed E-state index contributed by atoms with van der Waals surface area (Å²) in [5, 5.41) is 5.27. The second-order valence-corrected chi connectivity index (χ2v) is 7.41. The van der Waals surface area contributed by atoms with Crippen LogP contribution in [0.4, 0.5) is 33.9 Å². The van der Waals surface area contributed by atoms with Gasteiger partial charge >= 0.3 is 12.2 Å². The van der Waals surface area contributed by atoms with Crippen LogP contribution in [0, 0.1) is 13.8 Å². The van der Waals surface area contributed by atoms with Crippen LogP contribution < -0.4 is 10.6 Å². The van der Waals surface area contributed by atoms with Gasteiger partial charge in [0, 0.05) is 37.7 Å². The Hall–Kier alpha value is -2.91. The van der Waals surface area contributed by atoms with E-state index in [0.717, 1.165) is 11.8 Å². The first-order chi connectivity index (χ1) is 14.1. The second-order valence-electron chi connectivity index (χ2n) is 7.41. The summed E-state index contributed by atoms with van der Waals surface area (Å²) in [6.45, 7) is 3.78. The fraction of sp³-hybridized carbons (Fsp3) is 0.450. The van der Waals surface area contributed by atoms with Crippen molar-refractivity contribution in [3.63, 3.8) is 0 Å². The van der Waals surface area contributed by atoms with Crippen LogP contribution in [0.15, 0.2) is 30.3 Å². The maximum absolute atomic E-state index is 15.1. The summed E-state index contributed by atoms with van der Waals surface area (Å²) in [5.41, 5.74) is -2.02. The van der Waals surface area contributed by atoms with Gasteiger partial charge in [-0.25, -0.2) is 19.2 Å². The number of carbonyl (C=O) groups excluding carboxylic acids is 1. The lowest BCUT2D eigenvalue weighted by molar-refractivity contribution is -0.136. The van der Waals surface area contributed by atoms with E-state index in [0.29, 0.717) is 11.6 Å². The zero-order valence-corrected chi connectivity index (χ0v) is 16.7. The average molecular weight is 425 g/mol. The largest absolute Gasteiger partial charge is 0.418 e. The Kier molecular flexibility index (Phi) is 6.14. The number of carbonyl (C=O) groups is 1. The summed E-state index contributed by atoms with van der Waals surface area (Å²) >= 11 is 0. The molecule has 6 nitrogen and oxygen atoms in total. The van der Waals surface area contributed by atoms with Gasteiger partial charge in [-0.15, -0.1) is 0 Å². The number of aryl methyl sites for hydroxylation is 2. The lowest BCUT2D eigenvalue weighted by Gasteiger charge is -2.36. The molecule has 0 atom stereocenters. The van der Waals surface area contributed by atoms with Crippen molar-refractivity contribution in [1.82, 2.24) is 14.9 Å². The topological polar surface area (TPSA) is 70.2 Å². The summed E-state index contributed by atoms with van der Waals surface area (Å²) in [4.78, 5) is 22.1. The molecule has 1 aromatic carbocycles. The molecule has 0 unspecified atom stereocenters. The number of rotatable bonds is 4. The molecule has 1 aliphatic rings. The zero-order chi connectivity index (χ0) is 21.9. The smallest absolute Gasteiger partial charge is 0.367 e. The third kappa shape index (κ3) is 5.37. The van der Waals surface area contributed by atoms with Gasteiger partial charge in [-0.05, 0) is 26.0 Å². The van der Waals surface area contributed by atoms with E-state index in [1.807, 2.05) is 6.92 Å². The number of nitrogens with one attached hydrogen (secondary N) is 2. The Labute approximate surface area is 171 Å². The summed E-state index contributed by atoms with van der Waals surface area (Å²) in [5.74, 6) is 1.11. The Morgan fingerprint density at radius 2 is 1.83 bits per heavy atom. The molecule has 2 N–H and O–H groups in total. The molecule has 3 rings (SSSR count). The number of aromatic nitrogens is 2. The molecule has 1 saturated heterocycles. The van der Waals surface area contributed by atoms with Gasteiger partial charge in [-0.2, -0.15) is 13.2 Å². The molecule has 0 saturated carbocycles. The monoisotopic (exact) mass is 425 g/mol. The quantitative estimate of drug-likeness (QED) is 0.705. The normalized spacial score (nSPS) is 16.3. The summed E-state index contributed by atoms with van der Waals surface area (Å²) in [6.07, 6.45) is -4.45. The minimum Gasteiger partial charge on any atom is -0.367 e. The van der Waals surface area contributed by atoms with E-state index in [-0.39, 0.29) is 38.2 Å². The SMILES string of the molecule is Cc1cc(NCC2(F)CCN(C(=O)Nc3ccccc3C(F)(F)F)CC2)nc(C)n1. The highest BCUT2D eigenvalue weighted by molar-refractivity contribution is 5.90. The Balaban J connectivity index is 1.56. The van der Waals surface area contributed by atoms with Crippen molar-refractivity contribution in [3.8, 4) is 0 Å². The number of anilines is 2. The number of piperidine rings is 1. The molecule has 2 heterocycles. The van der Waals surface area contributed by atoms with Gasteiger partial charge in [0.25, 0.3) is 0 Å². The fourth-order valence-electron chi connectivity index (χ4n) is 3.38. The molecule has 162 valence electrons. The molecule has 0 bridgehead atoms. The first-order valence-corrected chi connectivity index (χ1v) is 9.53. The van der Waals surface area contributed by atoms with Crippen LogP contribution in [-0.4, -0.2) is 46.2 Å². The van der Waals surface area contributed by atoms with E-state index >= 15 is 4.39 Å². The van der Waals surface area contributed by atoms with Gasteiger partial charge in [-0.1, -0.05) is 12.1 Å². The maximum atomic E-state index is 15.1. The van der Waals surface area contributed by atoms with Crippen LogP contribution >= 0.6 is 0 Å². The standard InChI is InChI=1S/C20H23F4N5O/c1-13-11-17(27-14(2)26-13)25-12-19(21)7-9-29(10-8-19)18(30)28-16-6-4-3-5-15(16)20(22,23)24/h3-6,11H,7-10,12H2,1-2H3,(H,28,30)(H,25,26,27). The first-order valence-electron chi connectivity index (χ1n) is 9.53. The minimum atomic E-state index is -4.58. The number of hydrogen-bond donors (Lipinski definition) is 2. The van der Waals surface area contributed by atoms with E-state index in [1.165, 1.54) is 23.1 Å². The molecule has 1 fully saturated rings. The third-order valence-corrected chi connectivity index (χ3v) is 4.97. The van der Waals surface area contributed by atoms with Gasteiger partial charge in [0.15, 0.2) is 0 Å². The van der Waals surface area contributed by atoms with Gasteiger partial charge < -0.3 is 15.5 Å². The highest BCUT2D eigenvalue weighted by Gasteiger charge is 2.37. The van der Waals surface area contributed by atoms with Crippen molar-refractivity contribution in [2.24, 2.45) is 0 Å². The summed E-state index contributed by atoms with van der Waals surface area (Å²) in [6, 6.07) is 5.81. The highest BCUT2D eigenvalue weighted by atomic mass is 19.4. The van der Waals surface area contributed by atoms with Crippen molar-refractivity contribution < 1.29 is 22.4 Å². The number of benzene rings is 1. The molecule has 1 aromatic heterocycles. The van der Waals surface area contributed by atoms with Gasteiger partial charge in [0.2, 0.25) is 0 Å². The van der Waals surface area contributed by atoms with Crippen LogP contribution in [0.5, 0.6) is 0 Å². The fourth-order valence-corrected chi connectivity index (χ4v) is 3.38. The lowest BCUT2D eigenvalue weighted by atomic mass is 9.93. The molecule has 0 radical (unpaired) electrons. The number of hydrogen-bond acceptors (Lipinski definition) is 4. The number of alkyl halides is 4. The Morgan fingerprint density at radius 3 is 2.47 bits per heavy atom. The predicted molar refractivity (Wildman–Crippen MR) is 105 cm³/mol. The zero-order valence-electron chi connectivity index (χ0n) is 16.7. The average Bonchev–Trinajstić information content (AvgIpc) is 2.66. The van der Waals surface area contributed by atoms with Crippen molar-refractivity contribution >= 4 is 17.5 Å². The van der Waals surface area contributed by atoms with E-state index in [9.17, 15) is 18.0 Å². The molecule has 2 aromatic rings. The number of para-hydroxylation sites is 1. The van der Waals surface area contributed by atoms with Crippen molar-refractivity contribution in [1.29, 1.82) is 0 Å². The molecule has 30 heavy (non-hydrogen) atoms. The Morgan fingerprint density at radius 1 is 1.17 bits per heavy atom. The second kappa shape index (κ2) is 8.45. The third-order valence-electron chi connectivity index (χ3n) is 4.97. The number of nitrogens with zero attached hydrogens (tertiary/aromatic N) is 3. The maximum Gasteiger partial charge on any atom is 0.418 e. The molecule has 10 heteroatoms. The van der Waals surface area contributed by atoms with Crippen LogP contribution in [0.25, 0.3) is 0 Å².